The fourth-order valence-electron chi connectivity index (χ4n) is 3.14. The van der Waals surface area contributed by atoms with Gasteiger partial charge < -0.3 is 10.0 Å². The summed E-state index contributed by atoms with van der Waals surface area (Å²) in [6.07, 6.45) is 4.89. The highest BCUT2D eigenvalue weighted by molar-refractivity contribution is 5.66. The summed E-state index contributed by atoms with van der Waals surface area (Å²) in [6.45, 7) is 4.77. The lowest BCUT2D eigenvalue weighted by molar-refractivity contribution is -0.137. The Morgan fingerprint density at radius 3 is 2.47 bits per heavy atom. The fraction of sp³-hybridized carbons (Fsp3) is 0.923. The van der Waals surface area contributed by atoms with Crippen molar-refractivity contribution in [2.45, 2.75) is 38.1 Å². The van der Waals surface area contributed by atoms with Gasteiger partial charge in [-0.3, -0.25) is 9.69 Å². The van der Waals surface area contributed by atoms with E-state index in [-0.39, 0.29) is 0 Å². The lowest BCUT2D eigenvalue weighted by atomic mass is 9.91. The molecular formula is C13H24N2O2. The monoisotopic (exact) mass is 240 g/mol. The summed E-state index contributed by atoms with van der Waals surface area (Å²) in [7, 11) is 2.19. The Kier molecular flexibility index (Phi) is 4.40. The molecule has 2 fully saturated rings. The van der Waals surface area contributed by atoms with E-state index in [1.54, 1.807) is 0 Å². The minimum Gasteiger partial charge on any atom is -0.481 e. The average Bonchev–Trinajstić information content (AvgIpc) is 2.74. The third-order valence-corrected chi connectivity index (χ3v) is 4.30. The molecule has 0 aliphatic carbocycles. The van der Waals surface area contributed by atoms with Crippen LogP contribution in [0.4, 0.5) is 0 Å². The molecule has 2 rings (SSSR count). The summed E-state index contributed by atoms with van der Waals surface area (Å²) in [5.74, 6) is -0.00803. The maximum atomic E-state index is 10.5. The van der Waals surface area contributed by atoms with E-state index < -0.39 is 5.97 Å². The largest absolute Gasteiger partial charge is 0.481 e. The van der Waals surface area contributed by atoms with Crippen LogP contribution < -0.4 is 0 Å². The van der Waals surface area contributed by atoms with Gasteiger partial charge in [-0.25, -0.2) is 0 Å². The van der Waals surface area contributed by atoms with Crippen molar-refractivity contribution < 1.29 is 9.90 Å². The smallest absolute Gasteiger partial charge is 0.303 e. The van der Waals surface area contributed by atoms with Gasteiger partial charge in [0.05, 0.1) is 0 Å². The van der Waals surface area contributed by atoms with Crippen molar-refractivity contribution in [2.75, 3.05) is 33.2 Å². The van der Waals surface area contributed by atoms with Crippen LogP contribution in [-0.4, -0.2) is 60.1 Å². The van der Waals surface area contributed by atoms with Gasteiger partial charge in [-0.15, -0.1) is 0 Å². The Morgan fingerprint density at radius 1 is 1.24 bits per heavy atom. The number of likely N-dealkylation sites (tertiary alicyclic amines) is 2. The quantitative estimate of drug-likeness (QED) is 0.803. The lowest BCUT2D eigenvalue weighted by Crippen LogP contribution is -2.42. The second-order valence-electron chi connectivity index (χ2n) is 5.62. The summed E-state index contributed by atoms with van der Waals surface area (Å²) in [5, 5.41) is 8.68. The molecule has 2 heterocycles. The minimum atomic E-state index is -0.648. The van der Waals surface area contributed by atoms with Crippen LogP contribution in [0.2, 0.25) is 0 Å². The summed E-state index contributed by atoms with van der Waals surface area (Å²) >= 11 is 0. The number of carbonyl (C=O) groups is 1. The fourth-order valence-corrected chi connectivity index (χ4v) is 3.14. The molecule has 1 unspecified atom stereocenters. The lowest BCUT2D eigenvalue weighted by Gasteiger charge is -2.35. The summed E-state index contributed by atoms with van der Waals surface area (Å²) in [6, 6.07) is 0.750. The van der Waals surface area contributed by atoms with Gasteiger partial charge in [0.1, 0.15) is 0 Å². The molecule has 0 saturated carbocycles. The molecule has 0 amide bonds. The molecule has 0 aromatic rings. The van der Waals surface area contributed by atoms with Crippen molar-refractivity contribution in [1.82, 2.24) is 9.80 Å². The van der Waals surface area contributed by atoms with Gasteiger partial charge >= 0.3 is 5.97 Å². The van der Waals surface area contributed by atoms with E-state index in [2.05, 4.69) is 16.8 Å². The van der Waals surface area contributed by atoms with Crippen LogP contribution >= 0.6 is 0 Å². The predicted octanol–water partition coefficient (Wildman–Crippen LogP) is 1.27. The predicted molar refractivity (Wildman–Crippen MR) is 67.1 cm³/mol. The molecule has 1 atom stereocenters. The Balaban J connectivity index is 1.69. The van der Waals surface area contributed by atoms with Gasteiger partial charge in [0.25, 0.3) is 0 Å². The third kappa shape index (κ3) is 3.68. The Labute approximate surface area is 104 Å². The second kappa shape index (κ2) is 5.83. The standard InChI is InChI=1S/C13H24N2O2/c1-14-7-6-12(10-14)15-8-4-11(5-9-15)2-3-13(16)17/h11-12H,2-10H2,1H3,(H,16,17). The van der Waals surface area contributed by atoms with E-state index in [9.17, 15) is 4.79 Å². The molecule has 0 aromatic carbocycles. The molecule has 17 heavy (non-hydrogen) atoms. The van der Waals surface area contributed by atoms with Crippen LogP contribution in [0.5, 0.6) is 0 Å². The highest BCUT2D eigenvalue weighted by atomic mass is 16.4. The van der Waals surface area contributed by atoms with Crippen molar-refractivity contribution in [3.63, 3.8) is 0 Å². The first-order valence-electron chi connectivity index (χ1n) is 6.79. The number of piperidine rings is 1. The van der Waals surface area contributed by atoms with Gasteiger partial charge in [-0.2, -0.15) is 0 Å². The Morgan fingerprint density at radius 2 is 1.94 bits per heavy atom. The molecule has 4 nitrogen and oxygen atoms in total. The average molecular weight is 240 g/mol. The number of carboxylic acids is 1. The van der Waals surface area contributed by atoms with E-state index in [1.165, 1.54) is 45.4 Å². The zero-order chi connectivity index (χ0) is 12.3. The van der Waals surface area contributed by atoms with Gasteiger partial charge in [-0.05, 0) is 58.3 Å². The number of aliphatic carboxylic acids is 1. The maximum Gasteiger partial charge on any atom is 0.303 e. The second-order valence-corrected chi connectivity index (χ2v) is 5.62. The van der Waals surface area contributed by atoms with Crippen molar-refractivity contribution in [1.29, 1.82) is 0 Å². The van der Waals surface area contributed by atoms with Gasteiger partial charge in [0, 0.05) is 19.0 Å². The van der Waals surface area contributed by atoms with Crippen LogP contribution in [0.25, 0.3) is 0 Å². The van der Waals surface area contributed by atoms with Gasteiger partial charge in [-0.1, -0.05) is 0 Å². The van der Waals surface area contributed by atoms with Crippen molar-refractivity contribution in [3.05, 3.63) is 0 Å². The van der Waals surface area contributed by atoms with Crippen molar-refractivity contribution >= 4 is 5.97 Å². The molecule has 0 aromatic heterocycles. The van der Waals surface area contributed by atoms with E-state index >= 15 is 0 Å². The minimum absolute atomic E-state index is 0.344. The summed E-state index contributed by atoms with van der Waals surface area (Å²) in [5.41, 5.74) is 0. The normalized spacial score (nSPS) is 28.6. The first kappa shape index (κ1) is 12.8. The van der Waals surface area contributed by atoms with Crippen LogP contribution in [0.3, 0.4) is 0 Å². The number of likely N-dealkylation sites (N-methyl/N-ethyl adjacent to an activating group) is 1. The molecule has 1 N–H and O–H groups in total. The summed E-state index contributed by atoms with van der Waals surface area (Å²) < 4.78 is 0. The zero-order valence-corrected chi connectivity index (χ0v) is 10.8. The third-order valence-electron chi connectivity index (χ3n) is 4.30. The van der Waals surface area contributed by atoms with Crippen LogP contribution in [0.1, 0.15) is 32.1 Å². The topological polar surface area (TPSA) is 43.8 Å². The van der Waals surface area contributed by atoms with Crippen molar-refractivity contribution in [3.8, 4) is 0 Å². The molecule has 2 saturated heterocycles. The van der Waals surface area contributed by atoms with Gasteiger partial charge in [0.15, 0.2) is 0 Å². The SMILES string of the molecule is CN1CCC(N2CCC(CCC(=O)O)CC2)C1. The number of carboxylic acid groups (broad SMARTS) is 1. The van der Waals surface area contributed by atoms with Crippen molar-refractivity contribution in [2.24, 2.45) is 5.92 Å². The molecule has 0 radical (unpaired) electrons. The molecule has 98 valence electrons. The molecule has 0 bridgehead atoms. The van der Waals surface area contributed by atoms with Crippen LogP contribution in [0.15, 0.2) is 0 Å². The van der Waals surface area contributed by atoms with E-state index in [1.807, 2.05) is 0 Å². The number of nitrogens with zero attached hydrogens (tertiary/aromatic N) is 2. The highest BCUT2D eigenvalue weighted by Gasteiger charge is 2.28. The molecular weight excluding hydrogens is 216 g/mol. The molecule has 2 aliphatic rings. The van der Waals surface area contributed by atoms with E-state index in [4.69, 9.17) is 5.11 Å². The van der Waals surface area contributed by atoms with E-state index in [0.717, 1.165) is 12.5 Å². The Hall–Kier alpha value is -0.610. The number of hydrogen-bond acceptors (Lipinski definition) is 3. The Bertz CT molecular complexity index is 262. The molecule has 2 aliphatic heterocycles. The van der Waals surface area contributed by atoms with Gasteiger partial charge in [0.2, 0.25) is 0 Å². The number of hydrogen-bond donors (Lipinski definition) is 1. The molecule has 0 spiro atoms. The maximum absolute atomic E-state index is 10.5. The first-order valence-corrected chi connectivity index (χ1v) is 6.79. The highest BCUT2D eigenvalue weighted by Crippen LogP contribution is 2.25. The zero-order valence-electron chi connectivity index (χ0n) is 10.8. The van der Waals surface area contributed by atoms with E-state index in [0.29, 0.717) is 12.3 Å². The van der Waals surface area contributed by atoms with Crippen LogP contribution in [0, 0.1) is 5.92 Å². The molecule has 4 heteroatoms. The number of rotatable bonds is 4. The van der Waals surface area contributed by atoms with Crippen LogP contribution in [-0.2, 0) is 4.79 Å². The first-order chi connectivity index (χ1) is 8.15. The summed E-state index contributed by atoms with van der Waals surface area (Å²) in [4.78, 5) is 15.6.